The van der Waals surface area contributed by atoms with Crippen molar-refractivity contribution in [3.05, 3.63) is 53.1 Å². The Morgan fingerprint density at radius 2 is 1.89 bits per heavy atom. The summed E-state index contributed by atoms with van der Waals surface area (Å²) in [4.78, 5) is 18.5. The highest BCUT2D eigenvalue weighted by Gasteiger charge is 2.08. The number of nitrogens with zero attached hydrogens (tertiary/aromatic N) is 1. The fourth-order valence-corrected chi connectivity index (χ4v) is 2.01. The Hall–Kier alpha value is -2.33. The van der Waals surface area contributed by atoms with Gasteiger partial charge in [-0.05, 0) is 42.5 Å². The maximum absolute atomic E-state index is 10.9. The van der Waals surface area contributed by atoms with Crippen LogP contribution in [-0.4, -0.2) is 21.0 Å². The lowest BCUT2D eigenvalue weighted by Gasteiger charge is -1.95. The number of benzene rings is 2. The number of hydrogen-bond donors (Lipinski definition) is 2. The first-order valence-corrected chi connectivity index (χ1v) is 6.00. The van der Waals surface area contributed by atoms with E-state index in [1.165, 1.54) is 0 Å². The summed E-state index contributed by atoms with van der Waals surface area (Å²) in [7, 11) is 0. The molecule has 94 valence electrons. The monoisotopic (exact) mass is 272 g/mol. The van der Waals surface area contributed by atoms with E-state index in [4.69, 9.17) is 16.7 Å². The van der Waals surface area contributed by atoms with E-state index in [2.05, 4.69) is 9.97 Å². The molecular weight excluding hydrogens is 264 g/mol. The molecule has 19 heavy (non-hydrogen) atoms. The molecule has 0 aliphatic carbocycles. The van der Waals surface area contributed by atoms with E-state index in [1.54, 1.807) is 30.3 Å². The molecule has 3 aromatic rings. The molecule has 0 fully saturated rings. The van der Waals surface area contributed by atoms with Gasteiger partial charge in [-0.2, -0.15) is 0 Å². The number of carboxylic acid groups (broad SMARTS) is 1. The van der Waals surface area contributed by atoms with Crippen LogP contribution in [0, 0.1) is 0 Å². The number of carboxylic acids is 1. The number of hydrogen-bond acceptors (Lipinski definition) is 2. The van der Waals surface area contributed by atoms with Crippen LogP contribution in [0.1, 0.15) is 10.4 Å². The van der Waals surface area contributed by atoms with Crippen LogP contribution in [0.15, 0.2) is 42.5 Å². The molecule has 0 bridgehead atoms. The molecule has 0 unspecified atom stereocenters. The first-order chi connectivity index (χ1) is 9.13. The summed E-state index contributed by atoms with van der Waals surface area (Å²) in [5.74, 6) is -0.271. The largest absolute Gasteiger partial charge is 0.478 e. The standard InChI is InChI=1S/C14H9ClN2O2/c15-10-4-1-8(2-5-10)13-16-11-6-3-9(14(18)19)7-12(11)17-13/h1-7H,(H,16,17)(H,18,19). The van der Waals surface area contributed by atoms with Crippen LogP contribution in [0.5, 0.6) is 0 Å². The average molecular weight is 273 g/mol. The molecule has 0 aliphatic rings. The van der Waals surface area contributed by atoms with Crippen molar-refractivity contribution in [3.63, 3.8) is 0 Å². The van der Waals surface area contributed by atoms with Gasteiger partial charge in [-0.15, -0.1) is 0 Å². The van der Waals surface area contributed by atoms with E-state index < -0.39 is 5.97 Å². The Balaban J connectivity index is 2.11. The van der Waals surface area contributed by atoms with E-state index >= 15 is 0 Å². The first kappa shape index (κ1) is 11.7. The van der Waals surface area contributed by atoms with Gasteiger partial charge < -0.3 is 10.1 Å². The number of nitrogens with one attached hydrogen (secondary N) is 1. The Kier molecular flexibility index (Phi) is 2.72. The Morgan fingerprint density at radius 1 is 1.16 bits per heavy atom. The highest BCUT2D eigenvalue weighted by atomic mass is 35.5. The molecular formula is C14H9ClN2O2. The van der Waals surface area contributed by atoms with E-state index in [1.807, 2.05) is 12.1 Å². The van der Waals surface area contributed by atoms with E-state index in [0.717, 1.165) is 11.1 Å². The minimum atomic E-state index is -0.960. The third-order valence-electron chi connectivity index (χ3n) is 2.85. The summed E-state index contributed by atoms with van der Waals surface area (Å²) in [6.07, 6.45) is 0. The number of aromatic amines is 1. The number of rotatable bonds is 2. The van der Waals surface area contributed by atoms with Crippen LogP contribution < -0.4 is 0 Å². The number of carbonyl (C=O) groups is 1. The molecule has 4 nitrogen and oxygen atoms in total. The first-order valence-electron chi connectivity index (χ1n) is 5.62. The number of aromatic carboxylic acids is 1. The zero-order valence-corrected chi connectivity index (χ0v) is 10.5. The quantitative estimate of drug-likeness (QED) is 0.749. The van der Waals surface area contributed by atoms with Gasteiger partial charge in [0.25, 0.3) is 0 Å². The summed E-state index contributed by atoms with van der Waals surface area (Å²) < 4.78 is 0. The van der Waals surface area contributed by atoms with E-state index in [-0.39, 0.29) is 5.56 Å². The highest BCUT2D eigenvalue weighted by molar-refractivity contribution is 6.30. The Bertz CT molecular complexity index is 763. The van der Waals surface area contributed by atoms with Crippen LogP contribution in [0.4, 0.5) is 0 Å². The van der Waals surface area contributed by atoms with Gasteiger partial charge in [0.15, 0.2) is 0 Å². The SMILES string of the molecule is O=C(O)c1ccc2[nH]c(-c3ccc(Cl)cc3)nc2c1. The molecule has 0 spiro atoms. The molecule has 0 saturated carbocycles. The summed E-state index contributed by atoms with van der Waals surface area (Å²) in [5.41, 5.74) is 2.55. The molecule has 0 saturated heterocycles. The average Bonchev–Trinajstić information content (AvgIpc) is 2.82. The topological polar surface area (TPSA) is 66.0 Å². The summed E-state index contributed by atoms with van der Waals surface area (Å²) in [6.45, 7) is 0. The minimum Gasteiger partial charge on any atom is -0.478 e. The summed E-state index contributed by atoms with van der Waals surface area (Å²) in [6, 6.07) is 12.1. The van der Waals surface area contributed by atoms with Gasteiger partial charge in [0, 0.05) is 10.6 Å². The van der Waals surface area contributed by atoms with Crippen LogP contribution in [-0.2, 0) is 0 Å². The van der Waals surface area contributed by atoms with Crippen molar-refractivity contribution >= 4 is 28.6 Å². The molecule has 0 aliphatic heterocycles. The third kappa shape index (κ3) is 2.18. The summed E-state index contributed by atoms with van der Waals surface area (Å²) >= 11 is 5.84. The second-order valence-electron chi connectivity index (χ2n) is 4.13. The minimum absolute atomic E-state index is 0.224. The lowest BCUT2D eigenvalue weighted by Crippen LogP contribution is -1.94. The lowest BCUT2D eigenvalue weighted by molar-refractivity contribution is 0.0697. The van der Waals surface area contributed by atoms with Crippen LogP contribution in [0.25, 0.3) is 22.4 Å². The normalized spacial score (nSPS) is 10.8. The van der Waals surface area contributed by atoms with Gasteiger partial charge in [0.1, 0.15) is 5.82 Å². The van der Waals surface area contributed by atoms with Crippen molar-refractivity contribution in [2.24, 2.45) is 0 Å². The van der Waals surface area contributed by atoms with Crippen molar-refractivity contribution < 1.29 is 9.90 Å². The van der Waals surface area contributed by atoms with Gasteiger partial charge in [-0.3, -0.25) is 0 Å². The van der Waals surface area contributed by atoms with Crippen molar-refractivity contribution in [1.82, 2.24) is 9.97 Å². The third-order valence-corrected chi connectivity index (χ3v) is 3.10. The molecule has 1 heterocycles. The second kappa shape index (κ2) is 4.40. The molecule has 0 atom stereocenters. The number of imidazole rings is 1. The smallest absolute Gasteiger partial charge is 0.335 e. The zero-order valence-electron chi connectivity index (χ0n) is 9.72. The van der Waals surface area contributed by atoms with Crippen LogP contribution >= 0.6 is 11.6 Å². The molecule has 1 aromatic heterocycles. The predicted octanol–water partition coefficient (Wildman–Crippen LogP) is 3.58. The molecule has 0 amide bonds. The van der Waals surface area contributed by atoms with Crippen molar-refractivity contribution in [1.29, 1.82) is 0 Å². The fraction of sp³-hybridized carbons (Fsp3) is 0. The number of aromatic nitrogens is 2. The van der Waals surface area contributed by atoms with Crippen LogP contribution in [0.2, 0.25) is 5.02 Å². The van der Waals surface area contributed by atoms with Gasteiger partial charge in [0.2, 0.25) is 0 Å². The second-order valence-corrected chi connectivity index (χ2v) is 4.57. The number of H-pyrrole nitrogens is 1. The fourth-order valence-electron chi connectivity index (χ4n) is 1.88. The maximum Gasteiger partial charge on any atom is 0.335 e. The number of fused-ring (bicyclic) bond motifs is 1. The molecule has 2 aromatic carbocycles. The van der Waals surface area contributed by atoms with Gasteiger partial charge in [0.05, 0.1) is 16.6 Å². The van der Waals surface area contributed by atoms with Gasteiger partial charge >= 0.3 is 5.97 Å². The lowest BCUT2D eigenvalue weighted by atomic mass is 10.2. The Morgan fingerprint density at radius 3 is 2.58 bits per heavy atom. The highest BCUT2D eigenvalue weighted by Crippen LogP contribution is 2.22. The van der Waals surface area contributed by atoms with Gasteiger partial charge in [-0.25, -0.2) is 9.78 Å². The van der Waals surface area contributed by atoms with Crippen molar-refractivity contribution in [2.45, 2.75) is 0 Å². The molecule has 2 N–H and O–H groups in total. The molecule has 3 rings (SSSR count). The number of halogens is 1. The van der Waals surface area contributed by atoms with E-state index in [9.17, 15) is 4.79 Å². The summed E-state index contributed by atoms with van der Waals surface area (Å²) in [5, 5.41) is 9.61. The predicted molar refractivity (Wildman–Crippen MR) is 73.5 cm³/mol. The molecule has 0 radical (unpaired) electrons. The van der Waals surface area contributed by atoms with Crippen molar-refractivity contribution in [2.75, 3.05) is 0 Å². The van der Waals surface area contributed by atoms with Crippen LogP contribution in [0.3, 0.4) is 0 Å². The Labute approximate surface area is 113 Å². The van der Waals surface area contributed by atoms with E-state index in [0.29, 0.717) is 16.4 Å². The maximum atomic E-state index is 10.9. The zero-order chi connectivity index (χ0) is 13.4. The van der Waals surface area contributed by atoms with Gasteiger partial charge in [-0.1, -0.05) is 11.6 Å². The van der Waals surface area contributed by atoms with Crippen molar-refractivity contribution in [3.8, 4) is 11.4 Å². The molecule has 5 heteroatoms.